The highest BCUT2D eigenvalue weighted by atomic mass is 32.1. The first kappa shape index (κ1) is 24.5. The Labute approximate surface area is 209 Å². The number of para-hydroxylation sites is 2. The third-order valence-electron chi connectivity index (χ3n) is 6.39. The second-order valence-electron chi connectivity index (χ2n) is 9.79. The van der Waals surface area contributed by atoms with Crippen molar-refractivity contribution in [3.63, 3.8) is 0 Å². The van der Waals surface area contributed by atoms with Gasteiger partial charge in [0, 0.05) is 10.6 Å². The highest BCUT2D eigenvalue weighted by Gasteiger charge is 2.32. The number of carbonyl (C=O) groups is 2. The van der Waals surface area contributed by atoms with E-state index in [4.69, 9.17) is 4.74 Å². The second kappa shape index (κ2) is 10.3. The summed E-state index contributed by atoms with van der Waals surface area (Å²) in [5.41, 5.74) is 3.54. The number of nitriles is 1. The summed E-state index contributed by atoms with van der Waals surface area (Å²) < 4.78 is 5.31. The van der Waals surface area contributed by atoms with E-state index in [1.807, 2.05) is 36.4 Å². The predicted octanol–water partition coefficient (Wildman–Crippen LogP) is 6.31. The molecule has 1 amide bonds. The van der Waals surface area contributed by atoms with Crippen molar-refractivity contribution < 1.29 is 14.3 Å². The molecule has 1 heterocycles. The van der Waals surface area contributed by atoms with Crippen molar-refractivity contribution in [3.8, 4) is 6.07 Å². The average molecular weight is 488 g/mol. The van der Waals surface area contributed by atoms with Crippen LogP contribution in [0.2, 0.25) is 0 Å². The summed E-state index contributed by atoms with van der Waals surface area (Å²) in [5, 5.41) is 16.3. The topological polar surface area (TPSA) is 91.2 Å². The van der Waals surface area contributed by atoms with Crippen LogP contribution in [0.5, 0.6) is 0 Å². The Bertz CT molecular complexity index is 1270. The molecule has 7 heteroatoms. The number of nitrogens with zero attached hydrogens (tertiary/aromatic N) is 1. The first-order valence-corrected chi connectivity index (χ1v) is 12.5. The number of esters is 1. The van der Waals surface area contributed by atoms with Crippen molar-refractivity contribution >= 4 is 39.6 Å². The van der Waals surface area contributed by atoms with Crippen LogP contribution in [-0.2, 0) is 22.4 Å². The third-order valence-corrected chi connectivity index (χ3v) is 7.56. The molecule has 4 rings (SSSR count). The Balaban J connectivity index is 1.41. The summed E-state index contributed by atoms with van der Waals surface area (Å²) in [7, 11) is 0. The number of benzene rings is 2. The Morgan fingerprint density at radius 3 is 2.54 bits per heavy atom. The maximum atomic E-state index is 12.7. The van der Waals surface area contributed by atoms with Gasteiger partial charge in [-0.05, 0) is 60.4 Å². The molecule has 0 saturated heterocycles. The van der Waals surface area contributed by atoms with Gasteiger partial charge >= 0.3 is 5.97 Å². The van der Waals surface area contributed by atoms with E-state index in [9.17, 15) is 14.9 Å². The van der Waals surface area contributed by atoms with Gasteiger partial charge in [-0.25, -0.2) is 4.79 Å². The van der Waals surface area contributed by atoms with Crippen LogP contribution in [-0.4, -0.2) is 18.5 Å². The molecule has 2 aromatic carbocycles. The summed E-state index contributed by atoms with van der Waals surface area (Å²) in [5.74, 6) is -0.526. The standard InChI is InChI=1S/C28H29N3O3S/c1-28(2,3)18-13-14-20-22(16-29)26(35-24(20)15-18)31-25(32)17-34-27(33)21-11-7-8-12-23(21)30-19-9-5-4-6-10-19/h4-12,18,30H,13-15,17H2,1-3H3,(H,31,32)/t18-/m0/s1. The van der Waals surface area contributed by atoms with Crippen molar-refractivity contribution in [1.29, 1.82) is 5.26 Å². The molecule has 35 heavy (non-hydrogen) atoms. The number of fused-ring (bicyclic) bond motifs is 1. The second-order valence-corrected chi connectivity index (χ2v) is 10.9. The summed E-state index contributed by atoms with van der Waals surface area (Å²) >= 11 is 1.46. The zero-order valence-corrected chi connectivity index (χ0v) is 21.0. The fraction of sp³-hybridized carbons (Fsp3) is 0.321. The summed E-state index contributed by atoms with van der Waals surface area (Å²) in [4.78, 5) is 26.5. The van der Waals surface area contributed by atoms with Crippen molar-refractivity contribution in [3.05, 3.63) is 76.2 Å². The van der Waals surface area contributed by atoms with Crippen LogP contribution in [0.15, 0.2) is 54.6 Å². The number of thiophene rings is 1. The number of rotatable bonds is 6. The minimum Gasteiger partial charge on any atom is -0.452 e. The summed E-state index contributed by atoms with van der Waals surface area (Å²) in [6.07, 6.45) is 2.78. The molecule has 1 aliphatic rings. The SMILES string of the molecule is CC(C)(C)[C@H]1CCc2c(sc(NC(=O)COC(=O)c3ccccc3Nc3ccccc3)c2C#N)C1. The lowest BCUT2D eigenvalue weighted by molar-refractivity contribution is -0.119. The molecule has 1 aromatic heterocycles. The zero-order valence-electron chi connectivity index (χ0n) is 20.2. The molecule has 0 aliphatic heterocycles. The number of hydrogen-bond donors (Lipinski definition) is 2. The number of anilines is 3. The largest absolute Gasteiger partial charge is 0.452 e. The number of hydrogen-bond acceptors (Lipinski definition) is 6. The van der Waals surface area contributed by atoms with Gasteiger partial charge < -0.3 is 15.4 Å². The molecule has 0 saturated carbocycles. The Kier molecular flexibility index (Phi) is 7.23. The van der Waals surface area contributed by atoms with Crippen molar-refractivity contribution in [1.82, 2.24) is 0 Å². The Hall–Kier alpha value is -3.63. The van der Waals surface area contributed by atoms with E-state index in [0.29, 0.717) is 27.7 Å². The first-order valence-electron chi connectivity index (χ1n) is 11.7. The number of ether oxygens (including phenoxy) is 1. The molecule has 2 N–H and O–H groups in total. The molecule has 180 valence electrons. The minimum absolute atomic E-state index is 0.192. The first-order chi connectivity index (χ1) is 16.8. The van der Waals surface area contributed by atoms with Crippen LogP contribution in [0.3, 0.4) is 0 Å². The van der Waals surface area contributed by atoms with Gasteiger partial charge in [-0.15, -0.1) is 11.3 Å². The van der Waals surface area contributed by atoms with Gasteiger partial charge in [0.1, 0.15) is 11.1 Å². The minimum atomic E-state index is -0.599. The molecule has 0 unspecified atom stereocenters. The Morgan fingerprint density at radius 2 is 1.83 bits per heavy atom. The number of amides is 1. The van der Waals surface area contributed by atoms with Crippen LogP contribution in [0.4, 0.5) is 16.4 Å². The fourth-order valence-electron chi connectivity index (χ4n) is 4.35. The van der Waals surface area contributed by atoms with E-state index >= 15 is 0 Å². The predicted molar refractivity (Wildman–Crippen MR) is 139 cm³/mol. The molecular formula is C28H29N3O3S. The third kappa shape index (κ3) is 5.72. The monoisotopic (exact) mass is 487 g/mol. The van der Waals surface area contributed by atoms with Gasteiger partial charge in [-0.3, -0.25) is 4.79 Å². The van der Waals surface area contributed by atoms with E-state index in [2.05, 4.69) is 37.5 Å². The van der Waals surface area contributed by atoms with Crippen molar-refractivity contribution in [2.45, 2.75) is 40.0 Å². The molecule has 0 spiro atoms. The van der Waals surface area contributed by atoms with E-state index < -0.39 is 18.5 Å². The average Bonchev–Trinajstić information content (AvgIpc) is 3.19. The molecule has 3 aromatic rings. The van der Waals surface area contributed by atoms with Crippen LogP contribution in [0.1, 0.15) is 53.6 Å². The van der Waals surface area contributed by atoms with Crippen LogP contribution < -0.4 is 10.6 Å². The molecule has 1 aliphatic carbocycles. The molecule has 0 bridgehead atoms. The van der Waals surface area contributed by atoms with E-state index in [1.54, 1.807) is 18.2 Å². The van der Waals surface area contributed by atoms with E-state index in [1.165, 1.54) is 16.2 Å². The summed E-state index contributed by atoms with van der Waals surface area (Å²) in [6.45, 7) is 6.29. The van der Waals surface area contributed by atoms with Crippen LogP contribution in [0, 0.1) is 22.7 Å². The van der Waals surface area contributed by atoms with Gasteiger partial charge in [0.2, 0.25) is 0 Å². The molecule has 6 nitrogen and oxygen atoms in total. The highest BCUT2D eigenvalue weighted by molar-refractivity contribution is 7.16. The zero-order chi connectivity index (χ0) is 25.0. The maximum Gasteiger partial charge on any atom is 0.340 e. The quantitative estimate of drug-likeness (QED) is 0.398. The fourth-order valence-corrected chi connectivity index (χ4v) is 5.64. The molecule has 0 fully saturated rings. The van der Waals surface area contributed by atoms with Gasteiger partial charge in [-0.1, -0.05) is 51.1 Å². The van der Waals surface area contributed by atoms with Gasteiger partial charge in [0.15, 0.2) is 6.61 Å². The molecule has 0 radical (unpaired) electrons. The van der Waals surface area contributed by atoms with Crippen LogP contribution >= 0.6 is 11.3 Å². The van der Waals surface area contributed by atoms with Crippen molar-refractivity contribution in [2.75, 3.05) is 17.2 Å². The maximum absolute atomic E-state index is 12.7. The van der Waals surface area contributed by atoms with Crippen molar-refractivity contribution in [2.24, 2.45) is 11.3 Å². The smallest absolute Gasteiger partial charge is 0.340 e. The van der Waals surface area contributed by atoms with Gasteiger partial charge in [0.25, 0.3) is 5.91 Å². The number of nitrogens with one attached hydrogen (secondary N) is 2. The lowest BCUT2D eigenvalue weighted by atomic mass is 9.72. The molecule has 1 atom stereocenters. The van der Waals surface area contributed by atoms with E-state index in [-0.39, 0.29) is 5.41 Å². The highest BCUT2D eigenvalue weighted by Crippen LogP contribution is 2.44. The van der Waals surface area contributed by atoms with Gasteiger partial charge in [-0.2, -0.15) is 5.26 Å². The number of carbonyl (C=O) groups excluding carboxylic acids is 2. The molecular weight excluding hydrogens is 458 g/mol. The summed E-state index contributed by atoms with van der Waals surface area (Å²) in [6, 6.07) is 18.8. The lowest BCUT2D eigenvalue weighted by Gasteiger charge is -2.33. The van der Waals surface area contributed by atoms with Crippen LogP contribution in [0.25, 0.3) is 0 Å². The van der Waals surface area contributed by atoms with Gasteiger partial charge in [0.05, 0.1) is 16.8 Å². The lowest BCUT2D eigenvalue weighted by Crippen LogP contribution is -2.26. The van der Waals surface area contributed by atoms with E-state index in [0.717, 1.165) is 30.5 Å². The normalized spacial score (nSPS) is 15.0. The Morgan fingerprint density at radius 1 is 1.11 bits per heavy atom.